The monoisotopic (exact) mass is 587 g/mol. The normalized spacial score (nSPS) is 13.0. The van der Waals surface area contributed by atoms with Crippen LogP contribution in [0, 0.1) is 19.8 Å². The maximum atomic E-state index is 14.4. The van der Waals surface area contributed by atoms with Crippen molar-refractivity contribution in [3.63, 3.8) is 0 Å². The fourth-order valence-electron chi connectivity index (χ4n) is 5.32. The van der Waals surface area contributed by atoms with Crippen LogP contribution in [0.15, 0.2) is 60.7 Å². The number of anilines is 1. The smallest absolute Gasteiger partial charge is 0.408 e. The topological polar surface area (TPSA) is 87.7 Å². The second-order valence-electron chi connectivity index (χ2n) is 12.8. The summed E-state index contributed by atoms with van der Waals surface area (Å²) in [6.07, 6.45) is 3.09. The lowest BCUT2D eigenvalue weighted by molar-refractivity contribution is -0.141. The Hall–Kier alpha value is -3.87. The number of hydrogen-bond acceptors (Lipinski definition) is 4. The minimum atomic E-state index is -0.902. The molecular weight excluding hydrogens is 538 g/mol. The Balaban J connectivity index is 2.06. The van der Waals surface area contributed by atoms with Crippen molar-refractivity contribution < 1.29 is 19.1 Å². The SMILES string of the molecule is CCCCCCN(C(=O)C(NC(=O)OC(C)(C)C)C(C)C)C(C(=O)Nc1ccc2ccccc2c1)c1cc(C)cc(C)c1. The third-order valence-electron chi connectivity index (χ3n) is 7.28. The molecule has 2 N–H and O–H groups in total. The summed E-state index contributed by atoms with van der Waals surface area (Å²) in [6, 6.07) is 18.0. The Morgan fingerprint density at radius 2 is 1.51 bits per heavy atom. The summed E-state index contributed by atoms with van der Waals surface area (Å²) >= 11 is 0. The number of ether oxygens (including phenoxy) is 1. The first-order valence-electron chi connectivity index (χ1n) is 15.5. The highest BCUT2D eigenvalue weighted by Gasteiger charge is 2.37. The van der Waals surface area contributed by atoms with Crippen LogP contribution >= 0.6 is 0 Å². The molecule has 0 bridgehead atoms. The molecule has 0 aliphatic carbocycles. The van der Waals surface area contributed by atoms with Crippen LogP contribution in [0.3, 0.4) is 0 Å². The van der Waals surface area contributed by atoms with Crippen LogP contribution in [-0.4, -0.2) is 41.0 Å². The van der Waals surface area contributed by atoms with Crippen molar-refractivity contribution in [2.75, 3.05) is 11.9 Å². The molecule has 3 amide bonds. The van der Waals surface area contributed by atoms with Gasteiger partial charge in [0.05, 0.1) is 0 Å². The van der Waals surface area contributed by atoms with E-state index in [4.69, 9.17) is 4.74 Å². The molecule has 3 rings (SSSR count). The van der Waals surface area contributed by atoms with Crippen molar-refractivity contribution in [2.24, 2.45) is 5.92 Å². The van der Waals surface area contributed by atoms with E-state index in [1.807, 2.05) is 82.3 Å². The van der Waals surface area contributed by atoms with Gasteiger partial charge in [-0.15, -0.1) is 0 Å². The van der Waals surface area contributed by atoms with E-state index in [0.717, 1.165) is 53.1 Å². The van der Waals surface area contributed by atoms with Crippen LogP contribution in [-0.2, 0) is 14.3 Å². The van der Waals surface area contributed by atoms with Crippen LogP contribution in [0.25, 0.3) is 10.8 Å². The zero-order valence-electron chi connectivity index (χ0n) is 27.1. The highest BCUT2D eigenvalue weighted by Crippen LogP contribution is 2.29. The summed E-state index contributed by atoms with van der Waals surface area (Å²) in [5, 5.41) is 8.00. The quantitative estimate of drug-likeness (QED) is 0.210. The zero-order chi connectivity index (χ0) is 31.7. The van der Waals surface area contributed by atoms with Gasteiger partial charge in [0.2, 0.25) is 5.91 Å². The molecule has 0 fully saturated rings. The second kappa shape index (κ2) is 15.0. The minimum absolute atomic E-state index is 0.235. The van der Waals surface area contributed by atoms with Gasteiger partial charge in [0.1, 0.15) is 17.7 Å². The van der Waals surface area contributed by atoms with Crippen molar-refractivity contribution in [3.8, 4) is 0 Å². The molecule has 3 aromatic rings. The first-order valence-corrected chi connectivity index (χ1v) is 15.5. The molecule has 0 radical (unpaired) electrons. The number of carbonyl (C=O) groups excluding carboxylic acids is 3. The number of carbonyl (C=O) groups is 3. The number of nitrogens with one attached hydrogen (secondary N) is 2. The molecule has 232 valence electrons. The molecule has 7 nitrogen and oxygen atoms in total. The summed E-state index contributed by atoms with van der Waals surface area (Å²) in [5.41, 5.74) is 2.69. The molecule has 0 saturated carbocycles. The summed E-state index contributed by atoms with van der Waals surface area (Å²) in [6.45, 7) is 15.6. The molecular formula is C36H49N3O4. The van der Waals surface area contributed by atoms with E-state index in [-0.39, 0.29) is 17.7 Å². The van der Waals surface area contributed by atoms with E-state index in [9.17, 15) is 14.4 Å². The molecule has 2 unspecified atom stereocenters. The number of fused-ring (bicyclic) bond motifs is 1. The maximum absolute atomic E-state index is 14.4. The highest BCUT2D eigenvalue weighted by molar-refractivity contribution is 6.00. The summed E-state index contributed by atoms with van der Waals surface area (Å²) < 4.78 is 5.50. The Morgan fingerprint density at radius 1 is 0.860 bits per heavy atom. The molecule has 0 aromatic heterocycles. The fraction of sp³-hybridized carbons (Fsp3) is 0.472. The van der Waals surface area contributed by atoms with Gasteiger partial charge in [-0.25, -0.2) is 4.79 Å². The highest BCUT2D eigenvalue weighted by atomic mass is 16.6. The molecule has 43 heavy (non-hydrogen) atoms. The second-order valence-corrected chi connectivity index (χ2v) is 12.8. The Bertz CT molecular complexity index is 1390. The lowest BCUT2D eigenvalue weighted by Gasteiger charge is -2.36. The van der Waals surface area contributed by atoms with E-state index < -0.39 is 23.8 Å². The first-order chi connectivity index (χ1) is 20.3. The van der Waals surface area contributed by atoms with Crippen molar-refractivity contribution in [1.82, 2.24) is 10.2 Å². The molecule has 7 heteroatoms. The Morgan fingerprint density at radius 3 is 2.12 bits per heavy atom. The zero-order valence-corrected chi connectivity index (χ0v) is 27.1. The van der Waals surface area contributed by atoms with Crippen LogP contribution < -0.4 is 10.6 Å². The predicted octanol–water partition coefficient (Wildman–Crippen LogP) is 8.09. The van der Waals surface area contributed by atoms with Crippen LogP contribution in [0.4, 0.5) is 10.5 Å². The molecule has 0 heterocycles. The standard InChI is InChI=1S/C36H49N3O4/c1-9-10-11-14-19-39(34(41)31(24(2)3)38-35(42)43-36(6,7)8)32(29-21-25(4)20-26(5)22-29)33(40)37-30-18-17-27-15-12-13-16-28(27)23-30/h12-13,15-18,20-24,31-32H,9-11,14,19H2,1-8H3,(H,37,40)(H,38,42). The predicted molar refractivity (Wildman–Crippen MR) is 175 cm³/mol. The summed E-state index contributed by atoms with van der Waals surface area (Å²) in [5.74, 6) is -0.847. The average Bonchev–Trinajstić information content (AvgIpc) is 2.91. The average molecular weight is 588 g/mol. The van der Waals surface area contributed by atoms with Crippen LogP contribution in [0.5, 0.6) is 0 Å². The van der Waals surface area contributed by atoms with Crippen LogP contribution in [0.2, 0.25) is 0 Å². The summed E-state index contributed by atoms with van der Waals surface area (Å²) in [7, 11) is 0. The van der Waals surface area contributed by atoms with Gasteiger partial charge in [0, 0.05) is 12.2 Å². The lowest BCUT2D eigenvalue weighted by atomic mass is 9.96. The van der Waals surface area contributed by atoms with Gasteiger partial charge < -0.3 is 20.3 Å². The molecule has 0 spiro atoms. The number of amides is 3. The third-order valence-corrected chi connectivity index (χ3v) is 7.28. The van der Waals surface area contributed by atoms with E-state index in [2.05, 4.69) is 23.6 Å². The summed E-state index contributed by atoms with van der Waals surface area (Å²) in [4.78, 5) is 43.2. The fourth-order valence-corrected chi connectivity index (χ4v) is 5.32. The van der Waals surface area contributed by atoms with Gasteiger partial charge in [0.25, 0.3) is 5.91 Å². The number of aryl methyl sites for hydroxylation is 2. The van der Waals surface area contributed by atoms with Crippen molar-refractivity contribution in [2.45, 2.75) is 98.8 Å². The number of benzene rings is 3. The van der Waals surface area contributed by atoms with Gasteiger partial charge in [-0.2, -0.15) is 0 Å². The number of unbranched alkanes of at least 4 members (excludes halogenated alkanes) is 3. The largest absolute Gasteiger partial charge is 0.444 e. The van der Waals surface area contributed by atoms with Gasteiger partial charge in [-0.1, -0.05) is 99.7 Å². The third kappa shape index (κ3) is 9.84. The molecule has 0 aliphatic rings. The molecule has 0 aliphatic heterocycles. The van der Waals surface area contributed by atoms with Crippen molar-refractivity contribution in [3.05, 3.63) is 77.4 Å². The number of nitrogens with zero attached hydrogens (tertiary/aromatic N) is 1. The Kier molecular flexibility index (Phi) is 11.8. The molecule has 0 saturated heterocycles. The van der Waals surface area contributed by atoms with E-state index in [0.29, 0.717) is 12.2 Å². The maximum Gasteiger partial charge on any atom is 0.408 e. The van der Waals surface area contributed by atoms with Crippen molar-refractivity contribution in [1.29, 1.82) is 0 Å². The number of rotatable bonds is 12. The van der Waals surface area contributed by atoms with Gasteiger partial charge in [0.15, 0.2) is 0 Å². The van der Waals surface area contributed by atoms with E-state index >= 15 is 0 Å². The lowest BCUT2D eigenvalue weighted by Crippen LogP contribution is -2.54. The Labute approximate surface area is 257 Å². The minimum Gasteiger partial charge on any atom is -0.444 e. The molecule has 2 atom stereocenters. The van der Waals surface area contributed by atoms with E-state index in [1.54, 1.807) is 25.7 Å². The van der Waals surface area contributed by atoms with E-state index in [1.165, 1.54) is 0 Å². The number of hydrogen-bond donors (Lipinski definition) is 2. The molecule has 3 aromatic carbocycles. The van der Waals surface area contributed by atoms with Gasteiger partial charge in [-0.3, -0.25) is 9.59 Å². The van der Waals surface area contributed by atoms with Gasteiger partial charge in [-0.05, 0) is 75.4 Å². The first kappa shape index (κ1) is 33.6. The van der Waals surface area contributed by atoms with Crippen LogP contribution in [0.1, 0.15) is 90.0 Å². The van der Waals surface area contributed by atoms with Gasteiger partial charge >= 0.3 is 6.09 Å². The number of alkyl carbamates (subject to hydrolysis) is 1. The van der Waals surface area contributed by atoms with Crippen molar-refractivity contribution >= 4 is 34.4 Å².